The fourth-order valence-corrected chi connectivity index (χ4v) is 3.93. The van der Waals surface area contributed by atoms with Crippen LogP contribution in [0.2, 0.25) is 0 Å². The molecule has 3 aliphatic carbocycles. The van der Waals surface area contributed by atoms with Gasteiger partial charge in [-0.2, -0.15) is 0 Å². The molecule has 3 aliphatic rings. The van der Waals surface area contributed by atoms with Gasteiger partial charge in [0, 0.05) is 17.3 Å². The summed E-state index contributed by atoms with van der Waals surface area (Å²) >= 11 is 0. The van der Waals surface area contributed by atoms with E-state index in [9.17, 15) is 4.79 Å². The minimum atomic E-state index is 0.0518. The van der Waals surface area contributed by atoms with Crippen LogP contribution in [-0.4, -0.2) is 5.78 Å². The molecule has 2 unspecified atom stereocenters. The van der Waals surface area contributed by atoms with Crippen LogP contribution in [-0.2, 0) is 4.79 Å². The number of hydrogen-bond acceptors (Lipinski definition) is 1. The number of fused-ring (bicyclic) bond motifs is 1. The molecule has 98 valence electrons. The Balaban J connectivity index is 2.45. The van der Waals surface area contributed by atoms with E-state index in [0.29, 0.717) is 24.0 Å². The molecule has 1 nitrogen and oxygen atoms in total. The molecule has 2 bridgehead atoms. The van der Waals surface area contributed by atoms with Crippen molar-refractivity contribution in [3.63, 3.8) is 0 Å². The van der Waals surface area contributed by atoms with E-state index < -0.39 is 0 Å². The van der Waals surface area contributed by atoms with E-state index in [-0.39, 0.29) is 10.8 Å². The van der Waals surface area contributed by atoms with E-state index in [1.165, 1.54) is 11.1 Å². The third kappa shape index (κ3) is 1.57. The predicted molar refractivity (Wildman–Crippen MR) is 75.2 cm³/mol. The molecule has 1 heteroatoms. The molecule has 0 N–H and O–H groups in total. The molecule has 3 rings (SSSR count). The van der Waals surface area contributed by atoms with Crippen LogP contribution < -0.4 is 0 Å². The first-order valence-electron chi connectivity index (χ1n) is 6.88. The summed E-state index contributed by atoms with van der Waals surface area (Å²) in [6.07, 6.45) is 3.91. The van der Waals surface area contributed by atoms with Crippen molar-refractivity contribution in [2.24, 2.45) is 22.7 Å². The monoisotopic (exact) mass is 244 g/mol. The lowest BCUT2D eigenvalue weighted by Gasteiger charge is -2.61. The zero-order valence-electron chi connectivity index (χ0n) is 12.3. The van der Waals surface area contributed by atoms with E-state index in [1.54, 1.807) is 6.92 Å². The number of allylic oxidation sites excluding steroid dienone is 2. The summed E-state index contributed by atoms with van der Waals surface area (Å²) in [5.41, 5.74) is 5.99. The van der Waals surface area contributed by atoms with Gasteiger partial charge >= 0.3 is 0 Å². The van der Waals surface area contributed by atoms with Crippen molar-refractivity contribution in [3.8, 4) is 0 Å². The lowest BCUT2D eigenvalue weighted by molar-refractivity contribution is -0.120. The van der Waals surface area contributed by atoms with Crippen molar-refractivity contribution in [2.45, 2.75) is 47.5 Å². The van der Waals surface area contributed by atoms with Gasteiger partial charge in [0.2, 0.25) is 0 Å². The fraction of sp³-hybridized carbons (Fsp3) is 0.647. The highest BCUT2D eigenvalue weighted by Crippen LogP contribution is 2.67. The van der Waals surface area contributed by atoms with Crippen LogP contribution in [0.3, 0.4) is 0 Å². The van der Waals surface area contributed by atoms with Crippen LogP contribution in [0.1, 0.15) is 47.5 Å². The Morgan fingerprint density at radius 2 is 2.11 bits per heavy atom. The predicted octanol–water partition coefficient (Wildman–Crippen LogP) is 4.31. The highest BCUT2D eigenvalue weighted by Gasteiger charge is 2.60. The minimum absolute atomic E-state index is 0.0518. The maximum absolute atomic E-state index is 11.6. The smallest absolute Gasteiger partial charge is 0.130 e. The van der Waals surface area contributed by atoms with Crippen LogP contribution in [0.15, 0.2) is 29.5 Å². The largest absolute Gasteiger partial charge is 0.300 e. The normalized spacial score (nSPS) is 29.9. The van der Waals surface area contributed by atoms with E-state index in [2.05, 4.69) is 46.1 Å². The zero-order chi connectivity index (χ0) is 13.7. The van der Waals surface area contributed by atoms with Crippen molar-refractivity contribution < 1.29 is 4.79 Å². The third-order valence-corrected chi connectivity index (χ3v) is 5.06. The van der Waals surface area contributed by atoms with Crippen molar-refractivity contribution >= 4 is 5.78 Å². The zero-order valence-corrected chi connectivity index (χ0v) is 12.3. The number of rotatable bonds is 4. The average Bonchev–Trinajstić information content (AvgIpc) is 2.23. The standard InChI is InChI=1S/C17H24O/c1-11(2)15(9-12(3)18)17-10-14(13(17)4)7-8-16(17,5)6/h8,11,15H,4,9-10H2,1-3,5-6H3. The highest BCUT2D eigenvalue weighted by atomic mass is 16.1. The second kappa shape index (κ2) is 3.96. The first-order valence-corrected chi connectivity index (χ1v) is 6.88. The molecule has 0 aromatic heterocycles. The van der Waals surface area contributed by atoms with Crippen LogP contribution >= 0.6 is 0 Å². The van der Waals surface area contributed by atoms with Gasteiger partial charge in [-0.05, 0) is 42.4 Å². The first-order chi connectivity index (χ1) is 8.22. The van der Waals surface area contributed by atoms with Crippen LogP contribution in [0.5, 0.6) is 0 Å². The van der Waals surface area contributed by atoms with Gasteiger partial charge in [0.15, 0.2) is 0 Å². The molecule has 0 radical (unpaired) electrons. The SMILES string of the molecule is C=C1C2=C=CC(C)(C)C1(C(CC(C)=O)C(C)C)C2. The van der Waals surface area contributed by atoms with Gasteiger partial charge in [0.05, 0.1) is 0 Å². The van der Waals surface area contributed by atoms with Gasteiger partial charge in [0.25, 0.3) is 0 Å². The van der Waals surface area contributed by atoms with E-state index in [0.717, 1.165) is 6.42 Å². The maximum Gasteiger partial charge on any atom is 0.130 e. The maximum atomic E-state index is 11.6. The van der Waals surface area contributed by atoms with Gasteiger partial charge in [-0.3, -0.25) is 0 Å². The van der Waals surface area contributed by atoms with Crippen LogP contribution in [0.4, 0.5) is 0 Å². The van der Waals surface area contributed by atoms with E-state index >= 15 is 0 Å². The van der Waals surface area contributed by atoms with Crippen LogP contribution in [0, 0.1) is 22.7 Å². The highest BCUT2D eigenvalue weighted by molar-refractivity contribution is 5.76. The van der Waals surface area contributed by atoms with Gasteiger partial charge in [-0.15, -0.1) is 5.73 Å². The van der Waals surface area contributed by atoms with Gasteiger partial charge in [-0.25, -0.2) is 0 Å². The Morgan fingerprint density at radius 3 is 2.50 bits per heavy atom. The van der Waals surface area contributed by atoms with Gasteiger partial charge in [0.1, 0.15) is 5.78 Å². The molecule has 1 saturated carbocycles. The molecular formula is C17H24O. The average molecular weight is 244 g/mol. The molecule has 0 heterocycles. The molecule has 2 atom stereocenters. The van der Waals surface area contributed by atoms with Crippen molar-refractivity contribution in [1.82, 2.24) is 0 Å². The van der Waals surface area contributed by atoms with Crippen LogP contribution in [0.25, 0.3) is 0 Å². The number of ketones is 1. The quantitative estimate of drug-likeness (QED) is 0.674. The second-order valence-corrected chi connectivity index (χ2v) is 6.87. The van der Waals surface area contributed by atoms with Crippen molar-refractivity contribution in [2.75, 3.05) is 0 Å². The molecular weight excluding hydrogens is 220 g/mol. The summed E-state index contributed by atoms with van der Waals surface area (Å²) < 4.78 is 0. The summed E-state index contributed by atoms with van der Waals surface area (Å²) in [4.78, 5) is 11.6. The second-order valence-electron chi connectivity index (χ2n) is 6.87. The molecule has 0 spiro atoms. The molecule has 18 heavy (non-hydrogen) atoms. The first kappa shape index (κ1) is 13.4. The number of hydrogen-bond donors (Lipinski definition) is 0. The lowest BCUT2D eigenvalue weighted by Crippen LogP contribution is -2.54. The molecule has 0 aliphatic heterocycles. The molecule has 0 saturated heterocycles. The van der Waals surface area contributed by atoms with Crippen molar-refractivity contribution in [1.29, 1.82) is 0 Å². The van der Waals surface area contributed by atoms with E-state index in [4.69, 9.17) is 0 Å². The van der Waals surface area contributed by atoms with Crippen molar-refractivity contribution in [3.05, 3.63) is 29.5 Å². The summed E-state index contributed by atoms with van der Waals surface area (Å²) in [5.74, 6) is 1.18. The van der Waals surface area contributed by atoms with Gasteiger partial charge in [-0.1, -0.05) is 34.3 Å². The molecule has 0 aromatic carbocycles. The summed E-state index contributed by atoms with van der Waals surface area (Å²) in [5, 5.41) is 0. The summed E-state index contributed by atoms with van der Waals surface area (Å²) in [6.45, 7) is 15.0. The molecule has 1 fully saturated rings. The summed E-state index contributed by atoms with van der Waals surface area (Å²) in [7, 11) is 0. The Morgan fingerprint density at radius 1 is 1.50 bits per heavy atom. The Kier molecular flexibility index (Phi) is 2.94. The fourth-order valence-electron chi connectivity index (χ4n) is 3.93. The summed E-state index contributed by atoms with van der Waals surface area (Å²) in [6, 6.07) is 0. The van der Waals surface area contributed by atoms with Gasteiger partial charge < -0.3 is 4.79 Å². The topological polar surface area (TPSA) is 17.1 Å². The number of carbonyl (C=O) groups excluding carboxylic acids is 1. The molecule has 0 aromatic rings. The Labute approximate surface area is 111 Å². The Bertz CT molecular complexity index is 472. The molecule has 0 amide bonds. The lowest BCUT2D eigenvalue weighted by atomic mass is 9.41. The Hall–Kier alpha value is -1.07. The third-order valence-electron chi connectivity index (χ3n) is 5.06. The number of Topliss-reactive ketones (excluding diaryl/α,β-unsaturated/α-hetero) is 1. The van der Waals surface area contributed by atoms with E-state index in [1.807, 2.05) is 0 Å². The number of carbonyl (C=O) groups is 1. The minimum Gasteiger partial charge on any atom is -0.300 e.